The highest BCUT2D eigenvalue weighted by molar-refractivity contribution is 5.58. The molecule has 2 heteroatoms. The van der Waals surface area contributed by atoms with Crippen LogP contribution < -0.4 is 0 Å². The van der Waals surface area contributed by atoms with Crippen LogP contribution in [0.2, 0.25) is 0 Å². The Hall–Kier alpha value is -1.70. The minimum Gasteiger partial charge on any atom is -0.155 e. The SMILES string of the molecule is CCCc1ccc(-c2ccc(CCC3CCC(C)CC3)cc2)nn1. The second kappa shape index (κ2) is 8.41. The third-order valence-corrected chi connectivity index (χ3v) is 5.45. The largest absolute Gasteiger partial charge is 0.155 e. The van der Waals surface area contributed by atoms with Gasteiger partial charge >= 0.3 is 0 Å². The van der Waals surface area contributed by atoms with Crippen LogP contribution in [-0.4, -0.2) is 10.2 Å². The Balaban J connectivity index is 1.55. The number of hydrogen-bond donors (Lipinski definition) is 0. The number of rotatable bonds is 6. The summed E-state index contributed by atoms with van der Waals surface area (Å²) in [6.07, 6.45) is 10.4. The van der Waals surface area contributed by atoms with Gasteiger partial charge in [0.05, 0.1) is 11.4 Å². The average molecular weight is 322 g/mol. The fourth-order valence-electron chi connectivity index (χ4n) is 3.73. The van der Waals surface area contributed by atoms with Gasteiger partial charge in [0.1, 0.15) is 0 Å². The average Bonchev–Trinajstić information content (AvgIpc) is 2.63. The molecule has 0 bridgehead atoms. The van der Waals surface area contributed by atoms with Crippen molar-refractivity contribution in [3.05, 3.63) is 47.7 Å². The van der Waals surface area contributed by atoms with Gasteiger partial charge in [0.15, 0.2) is 0 Å². The molecule has 2 aromatic rings. The van der Waals surface area contributed by atoms with E-state index in [4.69, 9.17) is 0 Å². The Morgan fingerprint density at radius 3 is 2.25 bits per heavy atom. The first kappa shape index (κ1) is 17.1. The summed E-state index contributed by atoms with van der Waals surface area (Å²) >= 11 is 0. The maximum absolute atomic E-state index is 4.37. The van der Waals surface area contributed by atoms with E-state index in [1.165, 1.54) is 49.7 Å². The Kier molecular flexibility index (Phi) is 6.01. The van der Waals surface area contributed by atoms with E-state index in [-0.39, 0.29) is 0 Å². The number of nitrogens with zero attached hydrogens (tertiary/aromatic N) is 2. The van der Waals surface area contributed by atoms with Crippen molar-refractivity contribution in [1.82, 2.24) is 10.2 Å². The first-order valence-electron chi connectivity index (χ1n) is 9.66. The fourth-order valence-corrected chi connectivity index (χ4v) is 3.73. The molecule has 1 aromatic carbocycles. The van der Waals surface area contributed by atoms with Gasteiger partial charge in [0.2, 0.25) is 0 Å². The lowest BCUT2D eigenvalue weighted by molar-refractivity contribution is 0.278. The van der Waals surface area contributed by atoms with Crippen LogP contribution >= 0.6 is 0 Å². The summed E-state index contributed by atoms with van der Waals surface area (Å²) in [7, 11) is 0. The molecule has 1 aliphatic rings. The molecule has 0 saturated heterocycles. The van der Waals surface area contributed by atoms with Crippen LogP contribution in [0.25, 0.3) is 11.3 Å². The summed E-state index contributed by atoms with van der Waals surface area (Å²) in [5.74, 6) is 1.89. The highest BCUT2D eigenvalue weighted by Gasteiger charge is 2.17. The molecule has 128 valence electrons. The first-order chi connectivity index (χ1) is 11.7. The van der Waals surface area contributed by atoms with Crippen molar-refractivity contribution in [3.63, 3.8) is 0 Å². The lowest BCUT2D eigenvalue weighted by atomic mass is 9.80. The summed E-state index contributed by atoms with van der Waals surface area (Å²) in [5, 5.41) is 8.69. The fraction of sp³-hybridized carbons (Fsp3) is 0.545. The van der Waals surface area contributed by atoms with Gasteiger partial charge in [0.25, 0.3) is 0 Å². The van der Waals surface area contributed by atoms with Crippen molar-refractivity contribution in [3.8, 4) is 11.3 Å². The topological polar surface area (TPSA) is 25.8 Å². The third-order valence-electron chi connectivity index (χ3n) is 5.45. The molecule has 0 unspecified atom stereocenters. The quantitative estimate of drug-likeness (QED) is 0.666. The number of hydrogen-bond acceptors (Lipinski definition) is 2. The van der Waals surface area contributed by atoms with Crippen LogP contribution in [0.1, 0.15) is 63.6 Å². The molecule has 1 aromatic heterocycles. The van der Waals surface area contributed by atoms with E-state index in [2.05, 4.69) is 60.4 Å². The number of aromatic nitrogens is 2. The molecule has 0 N–H and O–H groups in total. The minimum atomic E-state index is 0.942. The normalized spacial score (nSPS) is 20.9. The van der Waals surface area contributed by atoms with Crippen molar-refractivity contribution in [2.75, 3.05) is 0 Å². The van der Waals surface area contributed by atoms with Gasteiger partial charge < -0.3 is 0 Å². The van der Waals surface area contributed by atoms with Crippen molar-refractivity contribution in [2.45, 2.75) is 65.2 Å². The summed E-state index contributed by atoms with van der Waals surface area (Å²) in [4.78, 5) is 0. The van der Waals surface area contributed by atoms with Crippen molar-refractivity contribution < 1.29 is 0 Å². The Morgan fingerprint density at radius 1 is 0.875 bits per heavy atom. The van der Waals surface area contributed by atoms with E-state index in [9.17, 15) is 0 Å². The van der Waals surface area contributed by atoms with Gasteiger partial charge in [-0.2, -0.15) is 10.2 Å². The molecule has 0 spiro atoms. The summed E-state index contributed by atoms with van der Waals surface area (Å²) < 4.78 is 0. The van der Waals surface area contributed by atoms with Crippen molar-refractivity contribution in [2.24, 2.45) is 11.8 Å². The van der Waals surface area contributed by atoms with E-state index in [1.54, 1.807) is 0 Å². The second-order valence-corrected chi connectivity index (χ2v) is 7.52. The molecule has 2 nitrogen and oxygen atoms in total. The van der Waals surface area contributed by atoms with Gasteiger partial charge in [-0.1, -0.05) is 70.2 Å². The lowest BCUT2D eigenvalue weighted by Crippen LogP contribution is -2.12. The van der Waals surface area contributed by atoms with Gasteiger partial charge in [0, 0.05) is 5.56 Å². The lowest BCUT2D eigenvalue weighted by Gasteiger charge is -2.26. The molecular weight excluding hydrogens is 292 g/mol. The van der Waals surface area contributed by atoms with Crippen LogP contribution in [0.5, 0.6) is 0 Å². The minimum absolute atomic E-state index is 0.942. The Morgan fingerprint density at radius 2 is 1.62 bits per heavy atom. The zero-order valence-corrected chi connectivity index (χ0v) is 15.2. The van der Waals surface area contributed by atoms with Gasteiger partial charge in [-0.15, -0.1) is 0 Å². The predicted molar refractivity (Wildman–Crippen MR) is 101 cm³/mol. The third kappa shape index (κ3) is 4.66. The molecule has 0 radical (unpaired) electrons. The molecule has 24 heavy (non-hydrogen) atoms. The maximum Gasteiger partial charge on any atom is 0.0929 e. The molecule has 1 heterocycles. The van der Waals surface area contributed by atoms with Crippen LogP contribution in [0.4, 0.5) is 0 Å². The van der Waals surface area contributed by atoms with E-state index in [1.807, 2.05) is 0 Å². The van der Waals surface area contributed by atoms with Gasteiger partial charge in [-0.25, -0.2) is 0 Å². The number of benzene rings is 1. The summed E-state index contributed by atoms with van der Waals surface area (Å²) in [6.45, 7) is 4.56. The standard InChI is InChI=1S/C22H30N2/c1-3-4-21-15-16-22(24-23-21)20-13-11-19(12-14-20)10-9-18-7-5-17(2)6-8-18/h11-18H,3-10H2,1-2H3. The van der Waals surface area contributed by atoms with Crippen molar-refractivity contribution in [1.29, 1.82) is 0 Å². The molecule has 1 fully saturated rings. The van der Waals surface area contributed by atoms with E-state index < -0.39 is 0 Å². The molecule has 1 saturated carbocycles. The Labute approximate surface area is 146 Å². The molecule has 0 atom stereocenters. The van der Waals surface area contributed by atoms with Crippen LogP contribution in [0.15, 0.2) is 36.4 Å². The van der Waals surface area contributed by atoms with Crippen LogP contribution in [0.3, 0.4) is 0 Å². The maximum atomic E-state index is 4.37. The number of aryl methyl sites for hydroxylation is 2. The molecular formula is C22H30N2. The van der Waals surface area contributed by atoms with Crippen LogP contribution in [-0.2, 0) is 12.8 Å². The van der Waals surface area contributed by atoms with E-state index in [0.717, 1.165) is 36.1 Å². The molecule has 3 rings (SSSR count). The molecule has 0 amide bonds. The van der Waals surface area contributed by atoms with Crippen molar-refractivity contribution >= 4 is 0 Å². The summed E-state index contributed by atoms with van der Waals surface area (Å²) in [5.41, 5.74) is 4.68. The highest BCUT2D eigenvalue weighted by atomic mass is 15.1. The Bertz CT molecular complexity index is 607. The zero-order chi connectivity index (χ0) is 16.8. The van der Waals surface area contributed by atoms with Gasteiger partial charge in [-0.3, -0.25) is 0 Å². The summed E-state index contributed by atoms with van der Waals surface area (Å²) in [6, 6.07) is 13.1. The molecule has 1 aliphatic carbocycles. The smallest absolute Gasteiger partial charge is 0.0929 e. The first-order valence-corrected chi connectivity index (χ1v) is 9.66. The predicted octanol–water partition coefficient (Wildman–Crippen LogP) is 5.86. The van der Waals surface area contributed by atoms with Crippen LogP contribution in [0, 0.1) is 11.8 Å². The van der Waals surface area contributed by atoms with E-state index >= 15 is 0 Å². The highest BCUT2D eigenvalue weighted by Crippen LogP contribution is 2.31. The zero-order valence-electron chi connectivity index (χ0n) is 15.2. The second-order valence-electron chi connectivity index (χ2n) is 7.52. The van der Waals surface area contributed by atoms with Gasteiger partial charge in [-0.05, 0) is 48.8 Å². The van der Waals surface area contributed by atoms with E-state index in [0.29, 0.717) is 0 Å². The molecule has 0 aliphatic heterocycles. The monoisotopic (exact) mass is 322 g/mol.